The lowest BCUT2D eigenvalue weighted by molar-refractivity contribution is 0.0954. The van der Waals surface area contributed by atoms with Crippen molar-refractivity contribution in [1.82, 2.24) is 10.4 Å². The van der Waals surface area contributed by atoms with Gasteiger partial charge in [0.05, 0.1) is 6.21 Å². The van der Waals surface area contributed by atoms with Crippen LogP contribution in [0.5, 0.6) is 0 Å². The summed E-state index contributed by atoms with van der Waals surface area (Å²) in [5.41, 5.74) is 5.80. The zero-order valence-corrected chi connectivity index (χ0v) is 14.7. The summed E-state index contributed by atoms with van der Waals surface area (Å²) in [7, 11) is 0. The molecule has 0 saturated heterocycles. The zero-order valence-electron chi connectivity index (χ0n) is 14.7. The average molecular weight is 358 g/mol. The first-order valence-corrected chi connectivity index (χ1v) is 8.34. The Morgan fingerprint density at radius 2 is 1.74 bits per heavy atom. The lowest BCUT2D eigenvalue weighted by Crippen LogP contribution is -2.18. The zero-order chi connectivity index (χ0) is 19.1. The molecular weight excluding hydrogens is 340 g/mol. The minimum absolute atomic E-state index is 0.189. The highest BCUT2D eigenvalue weighted by molar-refractivity contribution is 6.05. The molecule has 0 aliphatic carbocycles. The van der Waals surface area contributed by atoms with Crippen LogP contribution in [0, 0.1) is 6.92 Å². The summed E-state index contributed by atoms with van der Waals surface area (Å²) in [4.78, 5) is 28.4. The normalized spacial score (nSPS) is 10.6. The maximum Gasteiger partial charge on any atom is 0.271 e. The average Bonchev–Trinajstić information content (AvgIpc) is 2.69. The number of aryl methyl sites for hydroxylation is 1. The molecule has 0 atom stereocenters. The van der Waals surface area contributed by atoms with E-state index in [0.717, 1.165) is 11.1 Å². The molecule has 0 spiro atoms. The molecule has 3 aromatic rings. The summed E-state index contributed by atoms with van der Waals surface area (Å²) in [6.45, 7) is 1.88. The lowest BCUT2D eigenvalue weighted by atomic mass is 10.1. The fraction of sp³-hybridized carbons (Fsp3) is 0.0476. The maximum atomic E-state index is 12.3. The molecule has 0 saturated carbocycles. The highest BCUT2D eigenvalue weighted by Gasteiger charge is 2.09. The SMILES string of the molecule is Cc1ccccc1C(=O)Nc1ccc(C(=O)N/N=C/c2cccnc2)cc1. The van der Waals surface area contributed by atoms with E-state index in [1.807, 2.05) is 31.2 Å². The number of rotatable bonds is 5. The van der Waals surface area contributed by atoms with Crippen molar-refractivity contribution in [3.8, 4) is 0 Å². The summed E-state index contributed by atoms with van der Waals surface area (Å²) in [6, 6.07) is 17.6. The molecule has 6 heteroatoms. The van der Waals surface area contributed by atoms with Crippen LogP contribution in [0.3, 0.4) is 0 Å². The number of pyridine rings is 1. The third-order valence-corrected chi connectivity index (χ3v) is 3.86. The van der Waals surface area contributed by atoms with E-state index in [9.17, 15) is 9.59 Å². The van der Waals surface area contributed by atoms with Crippen molar-refractivity contribution in [3.63, 3.8) is 0 Å². The van der Waals surface area contributed by atoms with Gasteiger partial charge < -0.3 is 5.32 Å². The van der Waals surface area contributed by atoms with Crippen LogP contribution in [0.4, 0.5) is 5.69 Å². The van der Waals surface area contributed by atoms with E-state index in [1.165, 1.54) is 6.21 Å². The number of nitrogens with one attached hydrogen (secondary N) is 2. The number of hydrogen-bond acceptors (Lipinski definition) is 4. The van der Waals surface area contributed by atoms with Crippen molar-refractivity contribution in [3.05, 3.63) is 95.3 Å². The second-order valence-corrected chi connectivity index (χ2v) is 5.83. The predicted molar refractivity (Wildman–Crippen MR) is 105 cm³/mol. The molecule has 1 aromatic heterocycles. The number of carbonyl (C=O) groups excluding carboxylic acids is 2. The Hall–Kier alpha value is -3.80. The third-order valence-electron chi connectivity index (χ3n) is 3.86. The molecule has 0 aliphatic heterocycles. The molecule has 3 rings (SSSR count). The number of hydrogen-bond donors (Lipinski definition) is 2. The number of aromatic nitrogens is 1. The van der Waals surface area contributed by atoms with Gasteiger partial charge in [-0.05, 0) is 48.9 Å². The Balaban J connectivity index is 1.59. The Bertz CT molecular complexity index is 967. The quantitative estimate of drug-likeness (QED) is 0.541. The summed E-state index contributed by atoms with van der Waals surface area (Å²) in [6.07, 6.45) is 4.82. The Kier molecular flexibility index (Phi) is 5.69. The molecule has 0 radical (unpaired) electrons. The van der Waals surface area contributed by atoms with Gasteiger partial charge in [0.15, 0.2) is 0 Å². The van der Waals surface area contributed by atoms with Gasteiger partial charge in [-0.15, -0.1) is 0 Å². The molecule has 0 bridgehead atoms. The minimum Gasteiger partial charge on any atom is -0.322 e. The van der Waals surface area contributed by atoms with Crippen molar-refractivity contribution >= 4 is 23.7 Å². The second-order valence-electron chi connectivity index (χ2n) is 5.83. The van der Waals surface area contributed by atoms with Crippen molar-refractivity contribution in [1.29, 1.82) is 0 Å². The fourth-order valence-electron chi connectivity index (χ4n) is 2.41. The number of anilines is 1. The summed E-state index contributed by atoms with van der Waals surface area (Å²) >= 11 is 0. The Morgan fingerprint density at radius 3 is 2.44 bits per heavy atom. The van der Waals surface area contributed by atoms with Gasteiger partial charge in [-0.3, -0.25) is 14.6 Å². The molecule has 0 aliphatic rings. The molecule has 0 fully saturated rings. The molecule has 0 unspecified atom stereocenters. The second kappa shape index (κ2) is 8.53. The van der Waals surface area contributed by atoms with Gasteiger partial charge >= 0.3 is 0 Å². The van der Waals surface area contributed by atoms with Gasteiger partial charge in [0.1, 0.15) is 0 Å². The van der Waals surface area contributed by atoms with Crippen molar-refractivity contribution in [2.24, 2.45) is 5.10 Å². The molecule has 1 heterocycles. The first-order valence-electron chi connectivity index (χ1n) is 8.34. The number of amides is 2. The minimum atomic E-state index is -0.341. The van der Waals surface area contributed by atoms with Gasteiger partial charge in [-0.25, -0.2) is 5.43 Å². The Labute approximate surface area is 157 Å². The van der Waals surface area contributed by atoms with E-state index in [4.69, 9.17) is 0 Å². The molecule has 2 aromatic carbocycles. The Morgan fingerprint density at radius 1 is 0.963 bits per heavy atom. The first kappa shape index (κ1) is 18.0. The molecule has 134 valence electrons. The molecular formula is C21H18N4O2. The van der Waals surface area contributed by atoms with Crippen LogP contribution < -0.4 is 10.7 Å². The van der Waals surface area contributed by atoms with E-state index in [-0.39, 0.29) is 11.8 Å². The van der Waals surface area contributed by atoms with Gasteiger partial charge in [0, 0.05) is 34.8 Å². The van der Waals surface area contributed by atoms with E-state index < -0.39 is 0 Å². The van der Waals surface area contributed by atoms with Gasteiger partial charge in [0.2, 0.25) is 0 Å². The largest absolute Gasteiger partial charge is 0.322 e. The highest BCUT2D eigenvalue weighted by atomic mass is 16.2. The third kappa shape index (κ3) is 4.85. The summed E-state index contributed by atoms with van der Waals surface area (Å²) < 4.78 is 0. The van der Waals surface area contributed by atoms with Crippen LogP contribution in [0.25, 0.3) is 0 Å². The molecule has 2 N–H and O–H groups in total. The van der Waals surface area contributed by atoms with Crippen molar-refractivity contribution < 1.29 is 9.59 Å². The van der Waals surface area contributed by atoms with Crippen LogP contribution in [-0.4, -0.2) is 23.0 Å². The highest BCUT2D eigenvalue weighted by Crippen LogP contribution is 2.13. The monoisotopic (exact) mass is 358 g/mol. The molecule has 6 nitrogen and oxygen atoms in total. The predicted octanol–water partition coefficient (Wildman–Crippen LogP) is 3.41. The van der Waals surface area contributed by atoms with E-state index in [0.29, 0.717) is 16.8 Å². The molecule has 27 heavy (non-hydrogen) atoms. The first-order chi connectivity index (χ1) is 13.1. The van der Waals surface area contributed by atoms with Gasteiger partial charge in [0.25, 0.3) is 11.8 Å². The molecule has 2 amide bonds. The van der Waals surface area contributed by atoms with Gasteiger partial charge in [-0.2, -0.15) is 5.10 Å². The smallest absolute Gasteiger partial charge is 0.271 e. The maximum absolute atomic E-state index is 12.3. The number of nitrogens with zero attached hydrogens (tertiary/aromatic N) is 2. The summed E-state index contributed by atoms with van der Waals surface area (Å²) in [5.74, 6) is -0.529. The number of carbonyl (C=O) groups is 2. The fourth-order valence-corrected chi connectivity index (χ4v) is 2.41. The van der Waals surface area contributed by atoms with Crippen LogP contribution in [0.1, 0.15) is 31.8 Å². The van der Waals surface area contributed by atoms with E-state index in [2.05, 4.69) is 20.8 Å². The topological polar surface area (TPSA) is 83.5 Å². The van der Waals surface area contributed by atoms with Gasteiger partial charge in [-0.1, -0.05) is 24.3 Å². The van der Waals surface area contributed by atoms with E-state index in [1.54, 1.807) is 48.8 Å². The van der Waals surface area contributed by atoms with Crippen LogP contribution in [0.2, 0.25) is 0 Å². The van der Waals surface area contributed by atoms with Crippen molar-refractivity contribution in [2.75, 3.05) is 5.32 Å². The van der Waals surface area contributed by atoms with Crippen LogP contribution in [-0.2, 0) is 0 Å². The van der Waals surface area contributed by atoms with Crippen molar-refractivity contribution in [2.45, 2.75) is 6.92 Å². The van der Waals surface area contributed by atoms with Crippen LogP contribution in [0.15, 0.2) is 78.2 Å². The number of benzene rings is 2. The van der Waals surface area contributed by atoms with Crippen LogP contribution >= 0.6 is 0 Å². The summed E-state index contributed by atoms with van der Waals surface area (Å²) in [5, 5.41) is 6.73. The number of hydrazone groups is 1. The standard InChI is InChI=1S/C21H18N4O2/c1-15-5-2-3-7-19(15)21(27)24-18-10-8-17(9-11-18)20(26)25-23-14-16-6-4-12-22-13-16/h2-14H,1H3,(H,24,27)(H,25,26)/b23-14+. The lowest BCUT2D eigenvalue weighted by Gasteiger charge is -2.08. The van der Waals surface area contributed by atoms with E-state index >= 15 is 0 Å².